The number of pyridine rings is 1. The predicted molar refractivity (Wildman–Crippen MR) is 96.6 cm³/mol. The van der Waals surface area contributed by atoms with Gasteiger partial charge in [0.15, 0.2) is 5.78 Å². The Balaban J connectivity index is 1.88. The Morgan fingerprint density at radius 2 is 1.57 bits per heavy atom. The normalized spacial score (nSPS) is 10.7. The fourth-order valence-electron chi connectivity index (χ4n) is 2.85. The number of carbonyl (C=O) groups excluding carboxylic acids is 1. The lowest BCUT2D eigenvalue weighted by Gasteiger charge is -2.08. The number of hydrogen-bond donors (Lipinski definition) is 0. The molecule has 23 heavy (non-hydrogen) atoms. The fourth-order valence-corrected chi connectivity index (χ4v) is 2.85. The van der Waals surface area contributed by atoms with Crippen LogP contribution in [-0.4, -0.2) is 10.8 Å². The van der Waals surface area contributed by atoms with Crippen molar-refractivity contribution < 1.29 is 4.79 Å². The molecule has 0 aliphatic rings. The highest BCUT2D eigenvalue weighted by atomic mass is 16.1. The molecule has 1 aromatic heterocycles. The predicted octanol–water partition coefficient (Wildman–Crippen LogP) is 6.07. The molecule has 2 nitrogen and oxygen atoms in total. The lowest BCUT2D eigenvalue weighted by molar-refractivity contribution is 0.0979. The molecule has 0 amide bonds. The van der Waals surface area contributed by atoms with Crippen molar-refractivity contribution in [2.75, 3.05) is 0 Å². The van der Waals surface area contributed by atoms with Gasteiger partial charge in [0, 0.05) is 23.7 Å². The molecule has 0 aliphatic heterocycles. The number of ketones is 1. The molecule has 0 spiro atoms. The van der Waals surface area contributed by atoms with Crippen LogP contribution in [0.4, 0.5) is 0 Å². The first-order chi connectivity index (χ1) is 11.3. The van der Waals surface area contributed by atoms with Gasteiger partial charge in [0.25, 0.3) is 0 Å². The second kappa shape index (κ2) is 9.94. The van der Waals surface area contributed by atoms with E-state index < -0.39 is 0 Å². The summed E-state index contributed by atoms with van der Waals surface area (Å²) in [6.45, 7) is 2.23. The third kappa shape index (κ3) is 5.63. The van der Waals surface area contributed by atoms with E-state index in [1.165, 1.54) is 32.1 Å². The van der Waals surface area contributed by atoms with Crippen LogP contribution in [0.3, 0.4) is 0 Å². The van der Waals surface area contributed by atoms with E-state index in [2.05, 4.69) is 11.9 Å². The molecule has 0 saturated heterocycles. The lowest BCUT2D eigenvalue weighted by atomic mass is 9.97. The van der Waals surface area contributed by atoms with Gasteiger partial charge in [-0.1, -0.05) is 75.8 Å². The average Bonchev–Trinajstić information content (AvgIpc) is 2.61. The van der Waals surface area contributed by atoms with Gasteiger partial charge in [-0.2, -0.15) is 0 Å². The highest BCUT2D eigenvalue weighted by Gasteiger charge is 2.12. The molecule has 0 saturated carbocycles. The SMILES string of the molecule is CCCCCCCCCC(=O)c1ccccc1-c1ccccn1. The van der Waals surface area contributed by atoms with Crippen molar-refractivity contribution >= 4 is 5.78 Å². The van der Waals surface area contributed by atoms with E-state index in [1.807, 2.05) is 42.5 Å². The molecule has 122 valence electrons. The number of carbonyl (C=O) groups is 1. The Morgan fingerprint density at radius 1 is 0.870 bits per heavy atom. The van der Waals surface area contributed by atoms with E-state index in [9.17, 15) is 4.79 Å². The minimum Gasteiger partial charge on any atom is -0.294 e. The number of hydrogen-bond acceptors (Lipinski definition) is 2. The van der Waals surface area contributed by atoms with E-state index >= 15 is 0 Å². The second-order valence-electron chi connectivity index (χ2n) is 6.06. The summed E-state index contributed by atoms with van der Waals surface area (Å²) < 4.78 is 0. The number of Topliss-reactive ketones (excluding diaryl/α,β-unsaturated/α-hetero) is 1. The van der Waals surface area contributed by atoms with Gasteiger partial charge in [-0.05, 0) is 18.6 Å². The molecule has 2 aromatic rings. The van der Waals surface area contributed by atoms with E-state index in [0.717, 1.165) is 29.7 Å². The van der Waals surface area contributed by atoms with Crippen LogP contribution in [0.1, 0.15) is 68.6 Å². The van der Waals surface area contributed by atoms with Crippen LogP contribution in [0.25, 0.3) is 11.3 Å². The maximum absolute atomic E-state index is 12.5. The van der Waals surface area contributed by atoms with Crippen molar-refractivity contribution in [3.8, 4) is 11.3 Å². The van der Waals surface area contributed by atoms with Gasteiger partial charge in [0.2, 0.25) is 0 Å². The monoisotopic (exact) mass is 309 g/mol. The van der Waals surface area contributed by atoms with Crippen LogP contribution in [0.15, 0.2) is 48.7 Å². The van der Waals surface area contributed by atoms with Crippen LogP contribution >= 0.6 is 0 Å². The van der Waals surface area contributed by atoms with Crippen molar-refractivity contribution in [3.05, 3.63) is 54.2 Å². The van der Waals surface area contributed by atoms with Crippen LogP contribution in [0, 0.1) is 0 Å². The molecular formula is C21H27NO. The van der Waals surface area contributed by atoms with Gasteiger partial charge < -0.3 is 0 Å². The second-order valence-corrected chi connectivity index (χ2v) is 6.06. The van der Waals surface area contributed by atoms with Gasteiger partial charge in [-0.3, -0.25) is 9.78 Å². The largest absolute Gasteiger partial charge is 0.294 e. The Morgan fingerprint density at radius 3 is 2.30 bits per heavy atom. The molecule has 0 unspecified atom stereocenters. The minimum absolute atomic E-state index is 0.236. The molecule has 2 heteroatoms. The third-order valence-electron chi connectivity index (χ3n) is 4.18. The van der Waals surface area contributed by atoms with Crippen LogP contribution < -0.4 is 0 Å². The summed E-state index contributed by atoms with van der Waals surface area (Å²) in [6, 6.07) is 13.6. The smallest absolute Gasteiger partial charge is 0.163 e. The summed E-state index contributed by atoms with van der Waals surface area (Å²) >= 11 is 0. The van der Waals surface area contributed by atoms with Crippen molar-refractivity contribution in [1.29, 1.82) is 0 Å². The van der Waals surface area contributed by atoms with Gasteiger partial charge >= 0.3 is 0 Å². The standard InChI is InChI=1S/C21H27NO/c1-2-3-4-5-6-7-8-16-21(23)19-14-10-9-13-18(19)20-15-11-12-17-22-20/h9-15,17H,2-8,16H2,1H3. The number of benzene rings is 1. The molecule has 0 bridgehead atoms. The zero-order chi connectivity index (χ0) is 16.3. The number of unbranched alkanes of at least 4 members (excludes halogenated alkanes) is 6. The zero-order valence-corrected chi connectivity index (χ0v) is 14.1. The molecule has 1 heterocycles. The molecule has 0 N–H and O–H groups in total. The van der Waals surface area contributed by atoms with Gasteiger partial charge in [-0.15, -0.1) is 0 Å². The first-order valence-electron chi connectivity index (χ1n) is 8.86. The number of rotatable bonds is 10. The number of nitrogens with zero attached hydrogens (tertiary/aromatic N) is 1. The number of aromatic nitrogens is 1. The van der Waals surface area contributed by atoms with E-state index in [4.69, 9.17) is 0 Å². The lowest BCUT2D eigenvalue weighted by Crippen LogP contribution is -2.02. The Hall–Kier alpha value is -1.96. The molecule has 1 aromatic carbocycles. The Bertz CT molecular complexity index is 592. The van der Waals surface area contributed by atoms with Gasteiger partial charge in [0.05, 0.1) is 5.69 Å². The van der Waals surface area contributed by atoms with Crippen LogP contribution in [0.2, 0.25) is 0 Å². The van der Waals surface area contributed by atoms with E-state index in [1.54, 1.807) is 6.20 Å². The Kier molecular flexibility index (Phi) is 7.51. The van der Waals surface area contributed by atoms with E-state index in [0.29, 0.717) is 6.42 Å². The zero-order valence-electron chi connectivity index (χ0n) is 14.1. The van der Waals surface area contributed by atoms with Crippen LogP contribution in [-0.2, 0) is 0 Å². The third-order valence-corrected chi connectivity index (χ3v) is 4.18. The topological polar surface area (TPSA) is 30.0 Å². The van der Waals surface area contributed by atoms with Crippen molar-refractivity contribution in [3.63, 3.8) is 0 Å². The maximum atomic E-state index is 12.5. The molecule has 0 atom stereocenters. The summed E-state index contributed by atoms with van der Waals surface area (Å²) in [7, 11) is 0. The quantitative estimate of drug-likeness (QED) is 0.393. The summed E-state index contributed by atoms with van der Waals surface area (Å²) in [5.74, 6) is 0.236. The summed E-state index contributed by atoms with van der Waals surface area (Å²) in [4.78, 5) is 16.9. The average molecular weight is 309 g/mol. The molecule has 0 radical (unpaired) electrons. The van der Waals surface area contributed by atoms with Crippen molar-refractivity contribution in [1.82, 2.24) is 4.98 Å². The summed E-state index contributed by atoms with van der Waals surface area (Å²) in [5, 5.41) is 0. The molecule has 0 fully saturated rings. The van der Waals surface area contributed by atoms with E-state index in [-0.39, 0.29) is 5.78 Å². The summed E-state index contributed by atoms with van der Waals surface area (Å²) in [6.07, 6.45) is 11.0. The highest BCUT2D eigenvalue weighted by Crippen LogP contribution is 2.23. The molecular weight excluding hydrogens is 282 g/mol. The molecule has 0 aliphatic carbocycles. The minimum atomic E-state index is 0.236. The molecule has 2 rings (SSSR count). The Labute approximate surface area is 140 Å². The van der Waals surface area contributed by atoms with Crippen molar-refractivity contribution in [2.45, 2.75) is 58.3 Å². The van der Waals surface area contributed by atoms with Gasteiger partial charge in [-0.25, -0.2) is 0 Å². The first kappa shape index (κ1) is 17.4. The summed E-state index contributed by atoms with van der Waals surface area (Å²) in [5.41, 5.74) is 2.62. The maximum Gasteiger partial charge on any atom is 0.163 e. The fraction of sp³-hybridized carbons (Fsp3) is 0.429. The van der Waals surface area contributed by atoms with Crippen LogP contribution in [0.5, 0.6) is 0 Å². The van der Waals surface area contributed by atoms with Gasteiger partial charge in [0.1, 0.15) is 0 Å². The van der Waals surface area contributed by atoms with Crippen molar-refractivity contribution in [2.24, 2.45) is 0 Å². The highest BCUT2D eigenvalue weighted by molar-refractivity contribution is 6.01. The first-order valence-corrected chi connectivity index (χ1v) is 8.86.